The molecule has 3 aromatic rings. The number of carbonyl (C=O) groups excluding carboxylic acids is 1. The maximum absolute atomic E-state index is 13.1. The molecule has 1 aliphatic rings. The van der Waals surface area contributed by atoms with Crippen LogP contribution in [0.5, 0.6) is 5.75 Å². The second-order valence-electron chi connectivity index (χ2n) is 6.99. The van der Waals surface area contributed by atoms with Gasteiger partial charge in [0, 0.05) is 11.4 Å². The van der Waals surface area contributed by atoms with Crippen LogP contribution in [-0.2, 0) is 24.2 Å². The minimum Gasteiger partial charge on any atom is -0.506 e. The molecule has 2 aromatic heterocycles. The van der Waals surface area contributed by atoms with Crippen molar-refractivity contribution in [2.75, 3.05) is 11.1 Å². The maximum Gasteiger partial charge on any atom is 0.263 e. The number of phenolic OH excluding ortho intramolecular Hbond substituents is 1. The standard InChI is InChI=1S/C21H21N3O3S2/c1-3-9-24-20(27)18-13-5-4-6-16(13)29-19(18)23-21(24)28-11-17(26)22-14-10-12(2)7-8-15(14)25/h3,7-8,10,25H,1,4-6,9,11H2,2H3,(H,22,26). The summed E-state index contributed by atoms with van der Waals surface area (Å²) in [6.07, 6.45) is 4.67. The van der Waals surface area contributed by atoms with Crippen molar-refractivity contribution >= 4 is 44.9 Å². The summed E-state index contributed by atoms with van der Waals surface area (Å²) in [5.41, 5.74) is 2.39. The van der Waals surface area contributed by atoms with Crippen LogP contribution in [0, 0.1) is 6.92 Å². The number of fused-ring (bicyclic) bond motifs is 3. The summed E-state index contributed by atoms with van der Waals surface area (Å²) in [5, 5.41) is 13.8. The molecule has 0 aliphatic heterocycles. The topological polar surface area (TPSA) is 84.2 Å². The fourth-order valence-electron chi connectivity index (χ4n) is 3.52. The number of thioether (sulfide) groups is 1. The third-order valence-corrected chi connectivity index (χ3v) is 7.02. The van der Waals surface area contributed by atoms with Gasteiger partial charge in [0.05, 0.1) is 16.8 Å². The van der Waals surface area contributed by atoms with Crippen molar-refractivity contribution < 1.29 is 9.90 Å². The van der Waals surface area contributed by atoms with E-state index in [2.05, 4.69) is 11.9 Å². The molecule has 0 atom stereocenters. The zero-order valence-corrected chi connectivity index (χ0v) is 17.7. The molecule has 2 N–H and O–H groups in total. The van der Waals surface area contributed by atoms with Crippen molar-refractivity contribution in [1.82, 2.24) is 9.55 Å². The molecule has 0 radical (unpaired) electrons. The van der Waals surface area contributed by atoms with E-state index in [1.807, 2.05) is 6.92 Å². The largest absolute Gasteiger partial charge is 0.506 e. The summed E-state index contributed by atoms with van der Waals surface area (Å²) in [7, 11) is 0. The van der Waals surface area contributed by atoms with Crippen LogP contribution in [0.4, 0.5) is 5.69 Å². The van der Waals surface area contributed by atoms with Crippen molar-refractivity contribution in [2.24, 2.45) is 0 Å². The number of nitrogens with one attached hydrogen (secondary N) is 1. The summed E-state index contributed by atoms with van der Waals surface area (Å²) in [4.78, 5) is 32.2. The Kier molecular flexibility index (Phi) is 5.47. The SMILES string of the molecule is C=CCn1c(SCC(=O)Nc2cc(C)ccc2O)nc2sc3c(c2c1=O)CCC3. The highest BCUT2D eigenvalue weighted by atomic mass is 32.2. The Morgan fingerprint density at radius 1 is 1.45 bits per heavy atom. The molecule has 0 spiro atoms. The molecule has 8 heteroatoms. The lowest BCUT2D eigenvalue weighted by atomic mass is 10.2. The second kappa shape index (κ2) is 8.04. The van der Waals surface area contributed by atoms with Crippen LogP contribution in [0.15, 0.2) is 40.8 Å². The van der Waals surface area contributed by atoms with Crippen LogP contribution >= 0.6 is 23.1 Å². The summed E-state index contributed by atoms with van der Waals surface area (Å²) in [5.74, 6) is -0.178. The smallest absolute Gasteiger partial charge is 0.263 e. The lowest BCUT2D eigenvalue weighted by Crippen LogP contribution is -2.24. The lowest BCUT2D eigenvalue weighted by Gasteiger charge is -2.11. The second-order valence-corrected chi connectivity index (χ2v) is 9.02. The molecule has 0 fully saturated rings. The predicted octanol–water partition coefficient (Wildman–Crippen LogP) is 3.88. The molecule has 150 valence electrons. The van der Waals surface area contributed by atoms with Gasteiger partial charge in [0.25, 0.3) is 5.56 Å². The Morgan fingerprint density at radius 2 is 2.28 bits per heavy atom. The van der Waals surface area contributed by atoms with E-state index in [4.69, 9.17) is 4.98 Å². The fraction of sp³-hybridized carbons (Fsp3) is 0.286. The quantitative estimate of drug-likeness (QED) is 0.270. The van der Waals surface area contributed by atoms with Crippen molar-refractivity contribution in [3.63, 3.8) is 0 Å². The van der Waals surface area contributed by atoms with Crippen molar-refractivity contribution in [3.8, 4) is 5.75 Å². The van der Waals surface area contributed by atoms with Crippen LogP contribution in [0.1, 0.15) is 22.4 Å². The van der Waals surface area contributed by atoms with Gasteiger partial charge in [-0.3, -0.25) is 14.2 Å². The zero-order valence-electron chi connectivity index (χ0n) is 16.0. The molecule has 29 heavy (non-hydrogen) atoms. The van der Waals surface area contributed by atoms with Crippen molar-refractivity contribution in [2.45, 2.75) is 37.9 Å². The van der Waals surface area contributed by atoms with Gasteiger partial charge in [-0.1, -0.05) is 23.9 Å². The number of hydrogen-bond donors (Lipinski definition) is 2. The third kappa shape index (κ3) is 3.82. The highest BCUT2D eigenvalue weighted by molar-refractivity contribution is 7.99. The van der Waals surface area contributed by atoms with E-state index in [1.54, 1.807) is 40.2 Å². The van der Waals surface area contributed by atoms with Crippen LogP contribution in [0.3, 0.4) is 0 Å². The minimum absolute atomic E-state index is 0.0187. The predicted molar refractivity (Wildman–Crippen MR) is 118 cm³/mol. The van der Waals surface area contributed by atoms with Gasteiger partial charge in [-0.05, 0) is 49.4 Å². The molecule has 1 aromatic carbocycles. The summed E-state index contributed by atoms with van der Waals surface area (Å²) < 4.78 is 1.59. The van der Waals surface area contributed by atoms with Crippen LogP contribution in [0.25, 0.3) is 10.2 Å². The van der Waals surface area contributed by atoms with E-state index in [0.717, 1.165) is 40.6 Å². The molecule has 6 nitrogen and oxygen atoms in total. The zero-order chi connectivity index (χ0) is 20.5. The van der Waals surface area contributed by atoms with E-state index in [-0.39, 0.29) is 23.0 Å². The number of hydrogen-bond acceptors (Lipinski definition) is 6. The van der Waals surface area contributed by atoms with Gasteiger partial charge in [0.2, 0.25) is 5.91 Å². The van der Waals surface area contributed by atoms with Crippen LogP contribution < -0.4 is 10.9 Å². The number of thiophene rings is 1. The first kappa shape index (κ1) is 19.7. The Bertz CT molecular complexity index is 1180. The fourth-order valence-corrected chi connectivity index (χ4v) is 5.64. The average molecular weight is 428 g/mol. The van der Waals surface area contributed by atoms with E-state index < -0.39 is 0 Å². The third-order valence-electron chi connectivity index (χ3n) is 4.86. The summed E-state index contributed by atoms with van der Waals surface area (Å²) in [6.45, 7) is 5.97. The Balaban J connectivity index is 1.59. The van der Waals surface area contributed by atoms with E-state index in [1.165, 1.54) is 16.6 Å². The first-order valence-corrected chi connectivity index (χ1v) is 11.2. The molecule has 1 amide bonds. The first-order valence-electron chi connectivity index (χ1n) is 9.36. The molecule has 1 aliphatic carbocycles. The number of amides is 1. The average Bonchev–Trinajstić information content (AvgIpc) is 3.26. The van der Waals surface area contributed by atoms with E-state index >= 15 is 0 Å². The van der Waals surface area contributed by atoms with Gasteiger partial charge in [0.15, 0.2) is 5.16 Å². The molecular formula is C21H21N3O3S2. The first-order chi connectivity index (χ1) is 14.0. The van der Waals surface area contributed by atoms with Crippen molar-refractivity contribution in [1.29, 1.82) is 0 Å². The number of aromatic hydroxyl groups is 1. The number of phenols is 1. The number of aromatic nitrogens is 2. The Hall–Kier alpha value is -2.58. The van der Waals surface area contributed by atoms with E-state index in [0.29, 0.717) is 17.4 Å². The van der Waals surface area contributed by atoms with Crippen LogP contribution in [0.2, 0.25) is 0 Å². The summed E-state index contributed by atoms with van der Waals surface area (Å²) in [6, 6.07) is 5.03. The molecule has 0 saturated carbocycles. The van der Waals surface area contributed by atoms with Gasteiger partial charge < -0.3 is 10.4 Å². The van der Waals surface area contributed by atoms with E-state index in [9.17, 15) is 14.7 Å². The highest BCUT2D eigenvalue weighted by Crippen LogP contribution is 2.35. The monoisotopic (exact) mass is 427 g/mol. The van der Waals surface area contributed by atoms with Gasteiger partial charge in [-0.25, -0.2) is 4.98 Å². The molecule has 4 rings (SSSR count). The molecule has 0 unspecified atom stereocenters. The summed E-state index contributed by atoms with van der Waals surface area (Å²) >= 11 is 2.80. The normalized spacial score (nSPS) is 12.9. The number of benzene rings is 1. The van der Waals surface area contributed by atoms with Crippen molar-refractivity contribution in [3.05, 3.63) is 57.2 Å². The number of allylic oxidation sites excluding steroid dienone is 1. The van der Waals surface area contributed by atoms with Gasteiger partial charge in [0.1, 0.15) is 10.6 Å². The number of aryl methyl sites for hydroxylation is 3. The van der Waals surface area contributed by atoms with Crippen LogP contribution in [-0.4, -0.2) is 26.3 Å². The highest BCUT2D eigenvalue weighted by Gasteiger charge is 2.23. The number of nitrogens with zero attached hydrogens (tertiary/aromatic N) is 2. The maximum atomic E-state index is 13.1. The molecular weight excluding hydrogens is 406 g/mol. The molecule has 2 heterocycles. The number of anilines is 1. The minimum atomic E-state index is -0.274. The molecule has 0 bridgehead atoms. The van der Waals surface area contributed by atoms with Gasteiger partial charge >= 0.3 is 0 Å². The Labute approximate surface area is 176 Å². The number of rotatable bonds is 6. The Morgan fingerprint density at radius 3 is 3.07 bits per heavy atom. The molecule has 0 saturated heterocycles. The van der Waals surface area contributed by atoms with Gasteiger partial charge in [-0.2, -0.15) is 0 Å². The number of carbonyl (C=O) groups is 1. The lowest BCUT2D eigenvalue weighted by molar-refractivity contribution is -0.113. The van der Waals surface area contributed by atoms with Gasteiger partial charge in [-0.15, -0.1) is 17.9 Å².